The number of hydrogen-bond donors (Lipinski definition) is 4. The highest BCUT2D eigenvalue weighted by molar-refractivity contribution is 8.18. The molecule has 0 saturated carbocycles. The second-order valence-corrected chi connectivity index (χ2v) is 11.0. The van der Waals surface area contributed by atoms with Gasteiger partial charge in [-0.1, -0.05) is 16.9 Å². The molecule has 174 valence electrons. The van der Waals surface area contributed by atoms with Crippen molar-refractivity contribution in [3.8, 4) is 0 Å². The van der Waals surface area contributed by atoms with Crippen LogP contribution in [0.5, 0.6) is 0 Å². The molecular formula is C16H16N8O5S4. The number of carboxylic acids is 1. The second-order valence-electron chi connectivity index (χ2n) is 6.59. The third-order valence-corrected chi connectivity index (χ3v) is 8.99. The maximum Gasteiger partial charge on any atom is 0.353 e. The molecule has 2 amide bonds. The van der Waals surface area contributed by atoms with E-state index in [9.17, 15) is 24.7 Å². The zero-order valence-corrected chi connectivity index (χ0v) is 20.0. The van der Waals surface area contributed by atoms with Crippen LogP contribution in [0.25, 0.3) is 0 Å². The SMILES string of the molecule is Cn1cnnc1SCSC1=C(C(=O)O)N2C(=O)[C@@H](NC(=O)/C(=N\O)c3csc(N)n3)[C@H]2SC1. The predicted molar refractivity (Wildman–Crippen MR) is 124 cm³/mol. The first-order chi connectivity index (χ1) is 15.8. The molecule has 2 aliphatic heterocycles. The molecule has 17 heteroatoms. The Hall–Kier alpha value is -2.76. The normalized spacial score (nSPS) is 20.5. The molecule has 4 rings (SSSR count). The topological polar surface area (TPSA) is 189 Å². The van der Waals surface area contributed by atoms with Crippen molar-refractivity contribution in [3.63, 3.8) is 0 Å². The van der Waals surface area contributed by atoms with Crippen molar-refractivity contribution in [1.29, 1.82) is 0 Å². The van der Waals surface area contributed by atoms with Gasteiger partial charge in [-0.3, -0.25) is 14.5 Å². The Morgan fingerprint density at radius 3 is 2.82 bits per heavy atom. The lowest BCUT2D eigenvalue weighted by molar-refractivity contribution is -0.150. The molecule has 0 bridgehead atoms. The number of amides is 2. The minimum atomic E-state index is -1.22. The summed E-state index contributed by atoms with van der Waals surface area (Å²) in [7, 11) is 1.81. The summed E-state index contributed by atoms with van der Waals surface area (Å²) >= 11 is 5.11. The molecule has 0 radical (unpaired) electrons. The number of aliphatic carboxylic acids is 1. The number of carbonyl (C=O) groups is 3. The van der Waals surface area contributed by atoms with E-state index in [1.165, 1.54) is 45.6 Å². The highest BCUT2D eigenvalue weighted by Crippen LogP contribution is 2.44. The van der Waals surface area contributed by atoms with E-state index in [-0.39, 0.29) is 22.2 Å². The summed E-state index contributed by atoms with van der Waals surface area (Å²) < 4.78 is 1.75. The van der Waals surface area contributed by atoms with Crippen LogP contribution in [0.2, 0.25) is 0 Å². The molecule has 2 aromatic heterocycles. The largest absolute Gasteiger partial charge is 0.477 e. The van der Waals surface area contributed by atoms with Crippen LogP contribution in [0, 0.1) is 0 Å². The number of carbonyl (C=O) groups excluding carboxylic acids is 2. The van der Waals surface area contributed by atoms with Crippen LogP contribution in [0.15, 0.2) is 32.6 Å². The third-order valence-electron chi connectivity index (χ3n) is 4.59. The van der Waals surface area contributed by atoms with Crippen molar-refractivity contribution in [2.75, 3.05) is 16.6 Å². The maximum absolute atomic E-state index is 12.8. The number of anilines is 1. The lowest BCUT2D eigenvalue weighted by Crippen LogP contribution is -2.71. The van der Waals surface area contributed by atoms with Gasteiger partial charge in [-0.05, 0) is 0 Å². The molecule has 2 aromatic rings. The predicted octanol–water partition coefficient (Wildman–Crippen LogP) is 0.211. The first-order valence-electron chi connectivity index (χ1n) is 9.06. The molecule has 0 spiro atoms. The van der Waals surface area contributed by atoms with Gasteiger partial charge in [0.1, 0.15) is 29.1 Å². The van der Waals surface area contributed by atoms with Crippen molar-refractivity contribution >= 4 is 75.2 Å². The van der Waals surface area contributed by atoms with Crippen LogP contribution in [-0.4, -0.2) is 80.7 Å². The van der Waals surface area contributed by atoms with E-state index in [0.717, 1.165) is 11.3 Å². The molecule has 0 aromatic carbocycles. The van der Waals surface area contributed by atoms with Gasteiger partial charge in [-0.15, -0.1) is 45.1 Å². The van der Waals surface area contributed by atoms with Crippen molar-refractivity contribution in [2.24, 2.45) is 12.2 Å². The van der Waals surface area contributed by atoms with Gasteiger partial charge in [0, 0.05) is 23.1 Å². The molecule has 33 heavy (non-hydrogen) atoms. The van der Waals surface area contributed by atoms with E-state index in [2.05, 4.69) is 25.7 Å². The molecule has 5 N–H and O–H groups in total. The molecule has 4 heterocycles. The number of fused-ring (bicyclic) bond motifs is 1. The van der Waals surface area contributed by atoms with Crippen molar-refractivity contribution < 1.29 is 24.7 Å². The summed E-state index contributed by atoms with van der Waals surface area (Å²) in [6, 6.07) is -0.968. The van der Waals surface area contributed by atoms with Gasteiger partial charge in [0.15, 0.2) is 16.0 Å². The van der Waals surface area contributed by atoms with E-state index in [1.54, 1.807) is 17.9 Å². The number of β-lactam (4-membered cyclic amide) rings is 1. The Balaban J connectivity index is 1.44. The number of aromatic nitrogens is 4. The third kappa shape index (κ3) is 4.53. The Labute approximate surface area is 202 Å². The molecule has 2 aliphatic rings. The number of aryl methyl sites for hydroxylation is 1. The van der Waals surface area contributed by atoms with E-state index in [0.29, 0.717) is 20.9 Å². The van der Waals surface area contributed by atoms with Crippen molar-refractivity contribution in [1.82, 2.24) is 30.0 Å². The summed E-state index contributed by atoms with van der Waals surface area (Å²) in [4.78, 5) is 42.9. The number of rotatable bonds is 8. The number of nitrogens with one attached hydrogen (secondary N) is 1. The van der Waals surface area contributed by atoms with E-state index in [4.69, 9.17) is 5.73 Å². The van der Waals surface area contributed by atoms with Gasteiger partial charge in [0.2, 0.25) is 0 Å². The lowest BCUT2D eigenvalue weighted by Gasteiger charge is -2.49. The number of nitrogen functional groups attached to an aromatic ring is 1. The number of hydrogen-bond acceptors (Lipinski definition) is 13. The fourth-order valence-electron chi connectivity index (χ4n) is 3.08. The van der Waals surface area contributed by atoms with Crippen LogP contribution in [0.3, 0.4) is 0 Å². The molecule has 13 nitrogen and oxygen atoms in total. The molecule has 0 unspecified atom stereocenters. The van der Waals surface area contributed by atoms with Gasteiger partial charge in [-0.2, -0.15) is 0 Å². The van der Waals surface area contributed by atoms with Gasteiger partial charge >= 0.3 is 5.97 Å². The number of thioether (sulfide) groups is 3. The number of nitrogens with two attached hydrogens (primary N) is 1. The first-order valence-corrected chi connectivity index (χ1v) is 13.0. The zero-order chi connectivity index (χ0) is 23.7. The Morgan fingerprint density at radius 1 is 1.42 bits per heavy atom. The quantitative estimate of drug-likeness (QED) is 0.0911. The van der Waals surface area contributed by atoms with Gasteiger partial charge < -0.3 is 25.9 Å². The van der Waals surface area contributed by atoms with Crippen LogP contribution in [-0.2, 0) is 21.4 Å². The number of oxime groups is 1. The Bertz CT molecular complexity index is 1180. The van der Waals surface area contributed by atoms with Crippen LogP contribution in [0.1, 0.15) is 5.69 Å². The Morgan fingerprint density at radius 2 is 2.21 bits per heavy atom. The second kappa shape index (κ2) is 9.62. The van der Waals surface area contributed by atoms with Crippen LogP contribution in [0.4, 0.5) is 5.13 Å². The zero-order valence-electron chi connectivity index (χ0n) is 16.7. The van der Waals surface area contributed by atoms with E-state index >= 15 is 0 Å². The van der Waals surface area contributed by atoms with E-state index < -0.39 is 29.2 Å². The summed E-state index contributed by atoms with van der Waals surface area (Å²) in [6.07, 6.45) is 1.57. The molecule has 2 atom stereocenters. The summed E-state index contributed by atoms with van der Waals surface area (Å²) in [6.45, 7) is 0. The van der Waals surface area contributed by atoms with Crippen molar-refractivity contribution in [2.45, 2.75) is 16.6 Å². The van der Waals surface area contributed by atoms with Crippen LogP contribution < -0.4 is 11.1 Å². The minimum absolute atomic E-state index is 0.0719. The van der Waals surface area contributed by atoms with Gasteiger partial charge in [-0.25, -0.2) is 9.78 Å². The number of carboxylic acid groups (broad SMARTS) is 1. The summed E-state index contributed by atoms with van der Waals surface area (Å²) in [5, 5.41) is 34.4. The average molecular weight is 529 g/mol. The Kier molecular flexibility index (Phi) is 6.82. The highest BCUT2D eigenvalue weighted by atomic mass is 32.2. The summed E-state index contributed by atoms with van der Waals surface area (Å²) in [5.74, 6) is -2.24. The number of nitrogens with zero attached hydrogens (tertiary/aromatic N) is 6. The van der Waals surface area contributed by atoms with E-state index in [1.807, 2.05) is 0 Å². The maximum atomic E-state index is 12.8. The molecule has 1 saturated heterocycles. The van der Waals surface area contributed by atoms with Gasteiger partial charge in [0.05, 0.1) is 5.08 Å². The average Bonchev–Trinajstić information content (AvgIpc) is 3.39. The minimum Gasteiger partial charge on any atom is -0.477 e. The van der Waals surface area contributed by atoms with Crippen LogP contribution >= 0.6 is 46.6 Å². The highest BCUT2D eigenvalue weighted by Gasteiger charge is 2.54. The molecule has 1 fully saturated rings. The monoisotopic (exact) mass is 528 g/mol. The van der Waals surface area contributed by atoms with Crippen molar-refractivity contribution in [3.05, 3.63) is 28.0 Å². The first kappa shape index (κ1) is 23.4. The smallest absolute Gasteiger partial charge is 0.353 e. The fourth-order valence-corrected chi connectivity index (χ4v) is 7.26. The van der Waals surface area contributed by atoms with Gasteiger partial charge in [0.25, 0.3) is 11.8 Å². The lowest BCUT2D eigenvalue weighted by atomic mass is 10.0. The standard InChI is InChI=1S/C16H16N8O5S4/c1-23-4-18-21-16(23)33-5-32-7-3-30-13-9(12(26)24(13)10(7)14(27)28)20-11(25)8(22-29)6-2-31-15(17)19-6/h2,4,9,13,29H,3,5H2,1H3,(H2,17,19)(H,20,25)(H,27,28)/b22-8-/t9-,13-/m1/s1. The molecule has 0 aliphatic carbocycles. The number of thiazole rings is 1. The molecular weight excluding hydrogens is 512 g/mol. The fraction of sp³-hybridized carbons (Fsp3) is 0.312. The summed E-state index contributed by atoms with van der Waals surface area (Å²) in [5.41, 5.74) is 5.14.